The Balaban J connectivity index is 2.51. The number of carboxylic acid groups (broad SMARTS) is 1. The summed E-state index contributed by atoms with van der Waals surface area (Å²) < 4.78 is 28.1. The molecule has 0 fully saturated rings. The number of thioether (sulfide) groups is 1. The second-order valence-electron chi connectivity index (χ2n) is 4.01. The maximum absolute atomic E-state index is 13.3. The minimum absolute atomic E-state index is 0.0914. The molecule has 7 heteroatoms. The molecule has 1 aromatic carbocycles. The van der Waals surface area contributed by atoms with Gasteiger partial charge in [-0.3, -0.25) is 4.79 Å². The monoisotopic (exact) mass is 286 g/mol. The van der Waals surface area contributed by atoms with E-state index in [2.05, 4.69) is 4.98 Å². The van der Waals surface area contributed by atoms with Gasteiger partial charge in [0, 0.05) is 18.7 Å². The van der Waals surface area contributed by atoms with Crippen LogP contribution in [-0.4, -0.2) is 26.9 Å². The molecule has 0 atom stereocenters. The topological polar surface area (TPSA) is 55.1 Å². The van der Waals surface area contributed by atoms with Crippen molar-refractivity contribution in [1.29, 1.82) is 0 Å². The molecule has 0 saturated carbocycles. The highest BCUT2D eigenvalue weighted by Crippen LogP contribution is 2.22. The van der Waals surface area contributed by atoms with Gasteiger partial charge in [-0.2, -0.15) is 11.8 Å². The highest BCUT2D eigenvalue weighted by molar-refractivity contribution is 7.97. The number of nitrogens with zero attached hydrogens (tertiary/aromatic N) is 2. The van der Waals surface area contributed by atoms with Gasteiger partial charge in [0.2, 0.25) is 0 Å². The fraction of sp³-hybridized carbons (Fsp3) is 0.333. The molecule has 0 spiro atoms. The number of carbonyl (C=O) groups is 1. The summed E-state index contributed by atoms with van der Waals surface area (Å²) in [6.07, 6.45) is 1.79. The van der Waals surface area contributed by atoms with Crippen LogP contribution in [0.1, 0.15) is 12.2 Å². The van der Waals surface area contributed by atoms with Crippen molar-refractivity contribution >= 4 is 28.8 Å². The molecule has 1 aromatic heterocycles. The zero-order valence-corrected chi connectivity index (χ0v) is 11.0. The molecule has 19 heavy (non-hydrogen) atoms. The van der Waals surface area contributed by atoms with Crippen molar-refractivity contribution < 1.29 is 18.7 Å². The van der Waals surface area contributed by atoms with Crippen molar-refractivity contribution in [3.8, 4) is 0 Å². The predicted molar refractivity (Wildman–Crippen MR) is 69.1 cm³/mol. The van der Waals surface area contributed by atoms with Crippen LogP contribution in [-0.2, 0) is 17.1 Å². The fourth-order valence-electron chi connectivity index (χ4n) is 1.87. The Kier molecular flexibility index (Phi) is 4.04. The Labute approximate surface area is 112 Å². The molecule has 1 N–H and O–H groups in total. The molecule has 102 valence electrons. The molecule has 0 aliphatic heterocycles. The second kappa shape index (κ2) is 5.56. The molecule has 2 aromatic rings. The van der Waals surface area contributed by atoms with Crippen molar-refractivity contribution in [1.82, 2.24) is 9.55 Å². The van der Waals surface area contributed by atoms with Gasteiger partial charge in [0.1, 0.15) is 5.82 Å². The molecule has 0 radical (unpaired) electrons. The van der Waals surface area contributed by atoms with E-state index in [1.54, 1.807) is 4.57 Å². The Morgan fingerprint density at radius 3 is 2.74 bits per heavy atom. The molecule has 0 amide bonds. The quantitative estimate of drug-likeness (QED) is 0.918. The first-order valence-corrected chi connectivity index (χ1v) is 6.97. The maximum atomic E-state index is 13.3. The third kappa shape index (κ3) is 2.86. The third-order valence-electron chi connectivity index (χ3n) is 2.69. The number of halogens is 2. The standard InChI is InChI=1S/C12H12F2N2O2S/c1-19-6-11-15-9-4-7(13)8(14)5-10(9)16(11)3-2-12(17)18/h4-5H,2-3,6H2,1H3,(H,17,18). The molecule has 2 rings (SSSR count). The number of aryl methyl sites for hydroxylation is 1. The number of carboxylic acids is 1. The number of aromatic nitrogens is 2. The minimum atomic E-state index is -0.959. The van der Waals surface area contributed by atoms with Crippen LogP contribution in [0.2, 0.25) is 0 Å². The number of aliphatic carboxylic acids is 1. The molecule has 0 unspecified atom stereocenters. The first-order chi connectivity index (χ1) is 9.02. The lowest BCUT2D eigenvalue weighted by atomic mass is 10.3. The van der Waals surface area contributed by atoms with Gasteiger partial charge in [-0.1, -0.05) is 0 Å². The van der Waals surface area contributed by atoms with Crippen molar-refractivity contribution in [3.05, 3.63) is 29.6 Å². The smallest absolute Gasteiger partial charge is 0.305 e. The van der Waals surface area contributed by atoms with Gasteiger partial charge in [-0.05, 0) is 6.26 Å². The molecule has 4 nitrogen and oxygen atoms in total. The lowest BCUT2D eigenvalue weighted by molar-refractivity contribution is -0.137. The number of rotatable bonds is 5. The zero-order valence-electron chi connectivity index (χ0n) is 10.2. The molecule has 0 saturated heterocycles. The van der Waals surface area contributed by atoms with E-state index in [1.807, 2.05) is 6.26 Å². The summed E-state index contributed by atoms with van der Waals surface area (Å²) in [6, 6.07) is 2.09. The highest BCUT2D eigenvalue weighted by atomic mass is 32.2. The van der Waals surface area contributed by atoms with Crippen molar-refractivity contribution in [2.75, 3.05) is 6.26 Å². The summed E-state index contributed by atoms with van der Waals surface area (Å²) in [4.78, 5) is 14.9. The molecule has 0 bridgehead atoms. The summed E-state index contributed by atoms with van der Waals surface area (Å²) in [7, 11) is 0. The normalized spacial score (nSPS) is 11.1. The number of imidazole rings is 1. The van der Waals surface area contributed by atoms with E-state index in [1.165, 1.54) is 11.8 Å². The van der Waals surface area contributed by atoms with Gasteiger partial charge in [0.05, 0.1) is 23.2 Å². The molecular weight excluding hydrogens is 274 g/mol. The van der Waals surface area contributed by atoms with Crippen molar-refractivity contribution in [2.24, 2.45) is 0 Å². The van der Waals surface area contributed by atoms with Crippen LogP contribution in [0.25, 0.3) is 11.0 Å². The predicted octanol–water partition coefficient (Wildman–Crippen LogP) is 2.65. The van der Waals surface area contributed by atoms with E-state index in [-0.39, 0.29) is 13.0 Å². The number of hydrogen-bond acceptors (Lipinski definition) is 3. The largest absolute Gasteiger partial charge is 0.481 e. The van der Waals surface area contributed by atoms with E-state index in [0.29, 0.717) is 22.6 Å². The van der Waals surface area contributed by atoms with E-state index in [4.69, 9.17) is 5.11 Å². The van der Waals surface area contributed by atoms with Crippen LogP contribution >= 0.6 is 11.8 Å². The second-order valence-corrected chi connectivity index (χ2v) is 4.88. The molecular formula is C12H12F2N2O2S. The summed E-state index contributed by atoms with van der Waals surface area (Å²) >= 11 is 1.51. The van der Waals surface area contributed by atoms with Gasteiger partial charge in [-0.25, -0.2) is 13.8 Å². The van der Waals surface area contributed by atoms with Crippen LogP contribution in [0, 0.1) is 11.6 Å². The summed E-state index contributed by atoms with van der Waals surface area (Å²) in [5.41, 5.74) is 0.762. The van der Waals surface area contributed by atoms with Gasteiger partial charge in [-0.15, -0.1) is 0 Å². The first kappa shape index (κ1) is 13.8. The third-order valence-corrected chi connectivity index (χ3v) is 3.24. The Hall–Kier alpha value is -1.63. The van der Waals surface area contributed by atoms with Gasteiger partial charge >= 0.3 is 5.97 Å². The summed E-state index contributed by atoms with van der Waals surface area (Å²) in [5.74, 6) is -1.68. The van der Waals surface area contributed by atoms with Gasteiger partial charge in [0.15, 0.2) is 11.6 Å². The Morgan fingerprint density at radius 2 is 2.11 bits per heavy atom. The maximum Gasteiger partial charge on any atom is 0.305 e. The van der Waals surface area contributed by atoms with Crippen molar-refractivity contribution in [2.45, 2.75) is 18.7 Å². The van der Waals surface area contributed by atoms with Crippen LogP contribution in [0.5, 0.6) is 0 Å². The summed E-state index contributed by atoms with van der Waals surface area (Å²) in [6.45, 7) is 0.187. The minimum Gasteiger partial charge on any atom is -0.481 e. The highest BCUT2D eigenvalue weighted by Gasteiger charge is 2.14. The average Bonchev–Trinajstić information content (AvgIpc) is 2.65. The van der Waals surface area contributed by atoms with Crippen molar-refractivity contribution in [3.63, 3.8) is 0 Å². The SMILES string of the molecule is CSCc1nc2cc(F)c(F)cc2n1CCC(=O)O. The Morgan fingerprint density at radius 1 is 1.42 bits per heavy atom. The van der Waals surface area contributed by atoms with Gasteiger partial charge < -0.3 is 9.67 Å². The van der Waals surface area contributed by atoms with Crippen LogP contribution < -0.4 is 0 Å². The number of benzene rings is 1. The zero-order chi connectivity index (χ0) is 14.0. The lowest BCUT2D eigenvalue weighted by Crippen LogP contribution is -2.07. The van der Waals surface area contributed by atoms with E-state index >= 15 is 0 Å². The first-order valence-electron chi connectivity index (χ1n) is 5.58. The molecule has 0 aliphatic carbocycles. The number of fused-ring (bicyclic) bond motifs is 1. The van der Waals surface area contributed by atoms with E-state index in [9.17, 15) is 13.6 Å². The van der Waals surface area contributed by atoms with Crippen LogP contribution in [0.4, 0.5) is 8.78 Å². The summed E-state index contributed by atoms with van der Waals surface area (Å²) in [5, 5.41) is 8.73. The van der Waals surface area contributed by atoms with Crippen LogP contribution in [0.15, 0.2) is 12.1 Å². The van der Waals surface area contributed by atoms with Gasteiger partial charge in [0.25, 0.3) is 0 Å². The fourth-order valence-corrected chi connectivity index (χ4v) is 2.34. The van der Waals surface area contributed by atoms with E-state index < -0.39 is 17.6 Å². The Bertz CT molecular complexity index is 628. The number of hydrogen-bond donors (Lipinski definition) is 1. The van der Waals surface area contributed by atoms with Crippen LogP contribution in [0.3, 0.4) is 0 Å². The molecule has 1 heterocycles. The lowest BCUT2D eigenvalue weighted by Gasteiger charge is -2.06. The average molecular weight is 286 g/mol. The molecule has 0 aliphatic rings. The van der Waals surface area contributed by atoms with E-state index in [0.717, 1.165) is 12.1 Å².